The molecule has 1 aromatic heterocycles. The molecule has 6 rings (SSSR count). The van der Waals surface area contributed by atoms with Gasteiger partial charge in [-0.05, 0) is 69.9 Å². The van der Waals surface area contributed by atoms with E-state index in [1.54, 1.807) is 19.4 Å². The highest BCUT2D eigenvalue weighted by Crippen LogP contribution is 2.36. The Morgan fingerprint density at radius 2 is 1.76 bits per heavy atom. The van der Waals surface area contributed by atoms with E-state index in [1.165, 1.54) is 4.90 Å². The molecule has 0 saturated carbocycles. The monoisotopic (exact) mass is 594 g/mol. The van der Waals surface area contributed by atoms with E-state index in [0.717, 1.165) is 61.6 Å². The molecule has 1 saturated heterocycles. The fourth-order valence-corrected chi connectivity index (χ4v) is 6.36. The van der Waals surface area contributed by atoms with Crippen molar-refractivity contribution in [3.63, 3.8) is 0 Å². The van der Waals surface area contributed by atoms with Crippen LogP contribution >= 0.6 is 24.0 Å². The summed E-state index contributed by atoms with van der Waals surface area (Å²) < 4.78 is 11.4. The summed E-state index contributed by atoms with van der Waals surface area (Å²) >= 11 is 6.62. The number of ether oxygens (including phenoxy) is 2. The largest absolute Gasteiger partial charge is 0.497 e. The maximum absolute atomic E-state index is 13.4. The molecular weight excluding hydrogens is 569 g/mol. The van der Waals surface area contributed by atoms with E-state index >= 15 is 0 Å². The fraction of sp³-hybridized carbons (Fsp3) is 0.121. The van der Waals surface area contributed by atoms with E-state index in [2.05, 4.69) is 4.98 Å². The number of carbonyl (C=O) groups is 2. The molecule has 0 bridgehead atoms. The number of methoxy groups -OCH3 is 1. The number of fused-ring (bicyclic) bond motifs is 2. The smallest absolute Gasteiger partial charge is 0.327 e. The molecular formula is C33H26N2O5S2. The van der Waals surface area contributed by atoms with Crippen molar-refractivity contribution in [1.82, 2.24) is 9.88 Å². The summed E-state index contributed by atoms with van der Waals surface area (Å²) in [4.78, 5) is 30.6. The Bertz CT molecular complexity index is 1860. The molecule has 5 aromatic rings. The third-order valence-electron chi connectivity index (χ3n) is 7.21. The summed E-state index contributed by atoms with van der Waals surface area (Å²) in [6, 6.07) is 26.0. The summed E-state index contributed by atoms with van der Waals surface area (Å²) in [6.07, 6.45) is 3.69. The number of carboxylic acids is 1. The second-order valence-electron chi connectivity index (χ2n) is 9.87. The summed E-state index contributed by atoms with van der Waals surface area (Å²) in [5.41, 5.74) is 3.58. The van der Waals surface area contributed by atoms with Crippen molar-refractivity contribution in [2.24, 2.45) is 0 Å². The van der Waals surface area contributed by atoms with Crippen molar-refractivity contribution in [3.8, 4) is 11.5 Å². The maximum atomic E-state index is 13.4. The van der Waals surface area contributed by atoms with Crippen molar-refractivity contribution in [3.05, 3.63) is 113 Å². The number of hydrogen-bond donors (Lipinski definition) is 2. The molecule has 1 amide bonds. The number of para-hydroxylation sites is 1. The van der Waals surface area contributed by atoms with Crippen molar-refractivity contribution < 1.29 is 24.2 Å². The number of aliphatic carboxylic acids is 1. The highest BCUT2D eigenvalue weighted by Gasteiger charge is 2.40. The lowest BCUT2D eigenvalue weighted by Gasteiger charge is -2.23. The maximum Gasteiger partial charge on any atom is 0.327 e. The third kappa shape index (κ3) is 5.61. The number of H-pyrrole nitrogens is 1. The van der Waals surface area contributed by atoms with Crippen LogP contribution in [0.15, 0.2) is 96.0 Å². The average molecular weight is 595 g/mol. The summed E-state index contributed by atoms with van der Waals surface area (Å²) in [7, 11) is 1.64. The highest BCUT2D eigenvalue weighted by atomic mass is 32.2. The number of thiocarbonyl (C=S) groups is 1. The number of carbonyl (C=O) groups excluding carboxylic acids is 1. The Morgan fingerprint density at radius 3 is 2.55 bits per heavy atom. The number of carboxylic acid groups (broad SMARTS) is 1. The SMILES string of the molecule is COc1ccc(COc2ccc3cc(/C=C4\SC(=S)N(C(Cc5c[nH]c6ccccc56)C(=O)O)C4=O)ccc3c2)cc1. The third-order valence-corrected chi connectivity index (χ3v) is 8.54. The van der Waals surface area contributed by atoms with Crippen LogP contribution in [0.2, 0.25) is 0 Å². The van der Waals surface area contributed by atoms with Gasteiger partial charge in [0.1, 0.15) is 28.5 Å². The molecule has 42 heavy (non-hydrogen) atoms. The van der Waals surface area contributed by atoms with Crippen LogP contribution in [0, 0.1) is 0 Å². The van der Waals surface area contributed by atoms with Gasteiger partial charge in [0, 0.05) is 23.5 Å². The number of thioether (sulfide) groups is 1. The van der Waals surface area contributed by atoms with Gasteiger partial charge in [-0.1, -0.05) is 72.5 Å². The molecule has 1 aliphatic heterocycles. The number of aromatic amines is 1. The van der Waals surface area contributed by atoms with Gasteiger partial charge in [0.15, 0.2) is 0 Å². The quantitative estimate of drug-likeness (QED) is 0.143. The van der Waals surface area contributed by atoms with E-state index in [9.17, 15) is 14.7 Å². The van der Waals surface area contributed by atoms with Crippen LogP contribution in [0.4, 0.5) is 0 Å². The van der Waals surface area contributed by atoms with E-state index in [4.69, 9.17) is 21.7 Å². The molecule has 1 aliphatic rings. The van der Waals surface area contributed by atoms with Gasteiger partial charge in [0.2, 0.25) is 0 Å². The zero-order chi connectivity index (χ0) is 29.2. The minimum Gasteiger partial charge on any atom is -0.497 e. The minimum absolute atomic E-state index is 0.137. The number of amides is 1. The molecule has 4 aromatic carbocycles. The topological polar surface area (TPSA) is 91.9 Å². The summed E-state index contributed by atoms with van der Waals surface area (Å²) in [5.74, 6) is 0.0459. The lowest BCUT2D eigenvalue weighted by Crippen LogP contribution is -2.45. The lowest BCUT2D eigenvalue weighted by molar-refractivity contribution is -0.145. The summed E-state index contributed by atoms with van der Waals surface area (Å²) in [6.45, 7) is 0.438. The van der Waals surface area contributed by atoms with Gasteiger partial charge in [-0.3, -0.25) is 9.69 Å². The number of rotatable bonds is 9. The second-order valence-corrected chi connectivity index (χ2v) is 11.6. The Kier molecular flexibility index (Phi) is 7.69. The number of benzene rings is 4. The summed E-state index contributed by atoms with van der Waals surface area (Å²) in [5, 5.41) is 13.0. The van der Waals surface area contributed by atoms with Crippen molar-refractivity contribution in [2.45, 2.75) is 19.1 Å². The first-order valence-electron chi connectivity index (χ1n) is 13.2. The molecule has 210 valence electrons. The molecule has 0 aliphatic carbocycles. The lowest BCUT2D eigenvalue weighted by atomic mass is 10.0. The molecule has 2 heterocycles. The van der Waals surface area contributed by atoms with Crippen LogP contribution in [0.1, 0.15) is 16.7 Å². The van der Waals surface area contributed by atoms with E-state index in [0.29, 0.717) is 11.5 Å². The van der Waals surface area contributed by atoms with Crippen molar-refractivity contribution >= 4 is 67.9 Å². The Hall–Kier alpha value is -4.60. The van der Waals surface area contributed by atoms with E-state index in [1.807, 2.05) is 84.9 Å². The van der Waals surface area contributed by atoms with Crippen LogP contribution in [0.5, 0.6) is 11.5 Å². The number of hydrogen-bond acceptors (Lipinski definition) is 6. The normalized spacial score (nSPS) is 15.1. The first kappa shape index (κ1) is 27.6. The first-order chi connectivity index (χ1) is 20.4. The number of nitrogens with one attached hydrogen (secondary N) is 1. The van der Waals surface area contributed by atoms with Crippen LogP contribution in [0.3, 0.4) is 0 Å². The Morgan fingerprint density at radius 1 is 1.02 bits per heavy atom. The molecule has 1 fully saturated rings. The molecule has 0 radical (unpaired) electrons. The second kappa shape index (κ2) is 11.7. The first-order valence-corrected chi connectivity index (χ1v) is 14.5. The van der Waals surface area contributed by atoms with Gasteiger partial charge < -0.3 is 19.6 Å². The van der Waals surface area contributed by atoms with E-state index < -0.39 is 17.9 Å². The number of nitrogens with zero attached hydrogens (tertiary/aromatic N) is 1. The zero-order valence-corrected chi connectivity index (χ0v) is 24.2. The van der Waals surface area contributed by atoms with Gasteiger partial charge in [0.05, 0.1) is 12.0 Å². The minimum atomic E-state index is -1.12. The van der Waals surface area contributed by atoms with Gasteiger partial charge in [-0.25, -0.2) is 4.79 Å². The van der Waals surface area contributed by atoms with Gasteiger partial charge in [-0.15, -0.1) is 0 Å². The molecule has 9 heteroatoms. The molecule has 1 unspecified atom stereocenters. The van der Waals surface area contributed by atoms with Gasteiger partial charge in [0.25, 0.3) is 5.91 Å². The zero-order valence-electron chi connectivity index (χ0n) is 22.6. The Balaban J connectivity index is 1.18. The van der Waals surface area contributed by atoms with Gasteiger partial charge in [-0.2, -0.15) is 0 Å². The number of aromatic nitrogens is 1. The highest BCUT2D eigenvalue weighted by molar-refractivity contribution is 8.26. The van der Waals surface area contributed by atoms with Crippen molar-refractivity contribution in [2.75, 3.05) is 7.11 Å². The average Bonchev–Trinajstić information content (AvgIpc) is 3.54. The molecule has 1 atom stereocenters. The van der Waals surface area contributed by atoms with E-state index in [-0.39, 0.29) is 10.7 Å². The van der Waals surface area contributed by atoms with Crippen molar-refractivity contribution in [1.29, 1.82) is 0 Å². The Labute approximate surface area is 251 Å². The van der Waals surface area contributed by atoms with Crippen LogP contribution in [0.25, 0.3) is 27.8 Å². The predicted molar refractivity (Wildman–Crippen MR) is 170 cm³/mol. The fourth-order valence-electron chi connectivity index (χ4n) is 5.01. The van der Waals surface area contributed by atoms with Crippen LogP contribution in [-0.4, -0.2) is 44.3 Å². The molecule has 0 spiro atoms. The standard InChI is InChI=1S/C33H26N2O5S2/c1-39-25-11-7-20(8-12-25)19-40-26-13-10-22-14-21(6-9-23(22)16-26)15-30-31(36)35(33(41)42-30)29(32(37)38)17-24-18-34-28-5-3-2-4-27(24)28/h2-16,18,29,34H,17,19H2,1H3,(H,37,38)/b30-15-. The molecule has 7 nitrogen and oxygen atoms in total. The van der Waals surface area contributed by atoms with Crippen LogP contribution < -0.4 is 9.47 Å². The molecule has 2 N–H and O–H groups in total. The van der Waals surface area contributed by atoms with Gasteiger partial charge >= 0.3 is 5.97 Å². The predicted octanol–water partition coefficient (Wildman–Crippen LogP) is 6.81. The van der Waals surface area contributed by atoms with Crippen LogP contribution in [-0.2, 0) is 22.6 Å².